The predicted molar refractivity (Wildman–Crippen MR) is 100 cm³/mol. The number of aromatic nitrogens is 1. The van der Waals surface area contributed by atoms with Crippen molar-refractivity contribution < 1.29 is 18.4 Å². The topological polar surface area (TPSA) is 97.4 Å². The smallest absolute Gasteiger partial charge is 0.287 e. The third kappa shape index (κ3) is 3.90. The Hall–Kier alpha value is -3.39. The highest BCUT2D eigenvalue weighted by molar-refractivity contribution is 7.21. The molecule has 7 nitrogen and oxygen atoms in total. The van der Waals surface area contributed by atoms with Crippen molar-refractivity contribution in [3.05, 3.63) is 66.3 Å². The van der Waals surface area contributed by atoms with Crippen molar-refractivity contribution in [1.29, 1.82) is 0 Å². The Balaban J connectivity index is 1.35. The lowest BCUT2D eigenvalue weighted by atomic mass is 10.3. The van der Waals surface area contributed by atoms with Gasteiger partial charge in [-0.3, -0.25) is 9.59 Å². The van der Waals surface area contributed by atoms with Gasteiger partial charge >= 0.3 is 0 Å². The van der Waals surface area contributed by atoms with E-state index < -0.39 is 5.91 Å². The standard InChI is InChI=1S/C19H15N3O4S/c23-17(20-10-12-4-3-9-25-12)11-21-18(24)14-7-8-15(26-14)19-22-13-5-1-2-6-16(13)27-19/h1-9H,10-11H2,(H,20,23)(H,21,24). The summed E-state index contributed by atoms with van der Waals surface area (Å²) in [6.07, 6.45) is 1.53. The number of carbonyl (C=O) groups excluding carboxylic acids is 2. The molecule has 0 spiro atoms. The van der Waals surface area contributed by atoms with E-state index in [1.54, 1.807) is 24.3 Å². The van der Waals surface area contributed by atoms with Gasteiger partial charge in [0.25, 0.3) is 5.91 Å². The van der Waals surface area contributed by atoms with E-state index in [1.807, 2.05) is 24.3 Å². The zero-order valence-corrected chi connectivity index (χ0v) is 14.9. The Morgan fingerprint density at radius 1 is 1.04 bits per heavy atom. The third-order valence-corrected chi connectivity index (χ3v) is 4.83. The maximum Gasteiger partial charge on any atom is 0.287 e. The number of thiazole rings is 1. The third-order valence-electron chi connectivity index (χ3n) is 3.78. The van der Waals surface area contributed by atoms with Crippen LogP contribution in [-0.2, 0) is 11.3 Å². The summed E-state index contributed by atoms with van der Waals surface area (Å²) in [6.45, 7) is 0.112. The van der Waals surface area contributed by atoms with Crippen LogP contribution >= 0.6 is 11.3 Å². The molecule has 0 fully saturated rings. The van der Waals surface area contributed by atoms with Crippen LogP contribution in [-0.4, -0.2) is 23.3 Å². The van der Waals surface area contributed by atoms with Crippen molar-refractivity contribution in [2.24, 2.45) is 0 Å². The quantitative estimate of drug-likeness (QED) is 0.535. The van der Waals surface area contributed by atoms with Gasteiger partial charge in [-0.1, -0.05) is 12.1 Å². The van der Waals surface area contributed by atoms with Crippen molar-refractivity contribution in [1.82, 2.24) is 15.6 Å². The highest BCUT2D eigenvalue weighted by Gasteiger charge is 2.15. The van der Waals surface area contributed by atoms with Gasteiger partial charge in [0.15, 0.2) is 16.5 Å². The number of rotatable bonds is 6. The number of benzene rings is 1. The molecular weight excluding hydrogens is 366 g/mol. The van der Waals surface area contributed by atoms with E-state index in [4.69, 9.17) is 8.83 Å². The van der Waals surface area contributed by atoms with E-state index in [0.29, 0.717) is 16.5 Å². The minimum Gasteiger partial charge on any atom is -0.467 e. The number of nitrogens with one attached hydrogen (secondary N) is 2. The Bertz CT molecular complexity index is 1050. The van der Waals surface area contributed by atoms with Gasteiger partial charge in [0, 0.05) is 0 Å². The van der Waals surface area contributed by atoms with Gasteiger partial charge in [-0.2, -0.15) is 0 Å². The van der Waals surface area contributed by atoms with Crippen LogP contribution < -0.4 is 10.6 Å². The Kier molecular flexibility index (Phi) is 4.71. The van der Waals surface area contributed by atoms with E-state index >= 15 is 0 Å². The highest BCUT2D eigenvalue weighted by Crippen LogP contribution is 2.31. The molecule has 8 heteroatoms. The van der Waals surface area contributed by atoms with E-state index in [9.17, 15) is 9.59 Å². The predicted octanol–water partition coefficient (Wildman–Crippen LogP) is 3.20. The van der Waals surface area contributed by atoms with Crippen molar-refractivity contribution in [3.8, 4) is 10.8 Å². The SMILES string of the molecule is O=C(CNC(=O)c1ccc(-c2nc3ccccc3s2)o1)NCc1ccco1. The number of carbonyl (C=O) groups is 2. The number of hydrogen-bond donors (Lipinski definition) is 2. The van der Waals surface area contributed by atoms with Gasteiger partial charge in [0.2, 0.25) is 5.91 Å². The first-order valence-corrected chi connectivity index (χ1v) is 9.04. The Morgan fingerprint density at radius 2 is 1.93 bits per heavy atom. The number of amides is 2. The van der Waals surface area contributed by atoms with Gasteiger partial charge in [-0.15, -0.1) is 11.3 Å². The van der Waals surface area contributed by atoms with Crippen molar-refractivity contribution in [2.75, 3.05) is 6.54 Å². The molecule has 3 heterocycles. The van der Waals surface area contributed by atoms with Gasteiger partial charge in [0.1, 0.15) is 5.76 Å². The fourth-order valence-electron chi connectivity index (χ4n) is 2.46. The van der Waals surface area contributed by atoms with Crippen LogP contribution in [0.2, 0.25) is 0 Å². The lowest BCUT2D eigenvalue weighted by molar-refractivity contribution is -0.120. The van der Waals surface area contributed by atoms with Crippen LogP contribution in [0.1, 0.15) is 16.3 Å². The molecule has 0 bridgehead atoms. The van der Waals surface area contributed by atoms with E-state index in [0.717, 1.165) is 10.2 Å². The van der Waals surface area contributed by atoms with Crippen molar-refractivity contribution in [2.45, 2.75) is 6.54 Å². The Labute approximate surface area is 158 Å². The van der Waals surface area contributed by atoms with E-state index in [1.165, 1.54) is 17.6 Å². The summed E-state index contributed by atoms with van der Waals surface area (Å²) in [6, 6.07) is 14.5. The summed E-state index contributed by atoms with van der Waals surface area (Å²) in [5, 5.41) is 5.88. The molecule has 0 aliphatic heterocycles. The van der Waals surface area contributed by atoms with Gasteiger partial charge in [-0.05, 0) is 36.4 Å². The maximum atomic E-state index is 12.2. The molecule has 4 rings (SSSR count). The van der Waals surface area contributed by atoms with Crippen molar-refractivity contribution in [3.63, 3.8) is 0 Å². The van der Waals surface area contributed by atoms with Crippen LogP contribution in [0.3, 0.4) is 0 Å². The fourth-order valence-corrected chi connectivity index (χ4v) is 3.39. The minimum absolute atomic E-state index is 0.128. The number of hydrogen-bond acceptors (Lipinski definition) is 6. The second kappa shape index (κ2) is 7.46. The van der Waals surface area contributed by atoms with Gasteiger partial charge < -0.3 is 19.5 Å². The lowest BCUT2D eigenvalue weighted by Gasteiger charge is -2.04. The van der Waals surface area contributed by atoms with Gasteiger partial charge in [0.05, 0.1) is 29.6 Å². The monoisotopic (exact) mass is 381 g/mol. The summed E-state index contributed by atoms with van der Waals surface area (Å²) in [7, 11) is 0. The van der Waals surface area contributed by atoms with Crippen LogP contribution in [0.15, 0.2) is 63.6 Å². The summed E-state index contributed by atoms with van der Waals surface area (Å²) < 4.78 is 11.8. The second-order valence-corrected chi connectivity index (χ2v) is 6.72. The molecule has 2 amide bonds. The molecule has 3 aromatic heterocycles. The molecule has 2 N–H and O–H groups in total. The largest absolute Gasteiger partial charge is 0.467 e. The fraction of sp³-hybridized carbons (Fsp3) is 0.105. The van der Waals surface area contributed by atoms with Crippen LogP contribution in [0, 0.1) is 0 Å². The van der Waals surface area contributed by atoms with Crippen LogP contribution in [0.4, 0.5) is 0 Å². The number of furan rings is 2. The number of para-hydroxylation sites is 1. The molecule has 0 atom stereocenters. The first-order valence-electron chi connectivity index (χ1n) is 8.22. The van der Waals surface area contributed by atoms with Gasteiger partial charge in [-0.25, -0.2) is 4.98 Å². The highest BCUT2D eigenvalue weighted by atomic mass is 32.1. The molecule has 0 saturated carbocycles. The normalized spacial score (nSPS) is 10.8. The molecule has 1 aromatic carbocycles. The minimum atomic E-state index is -0.462. The average Bonchev–Trinajstić information content (AvgIpc) is 3.43. The molecule has 0 unspecified atom stereocenters. The zero-order valence-electron chi connectivity index (χ0n) is 14.1. The molecule has 0 saturated heterocycles. The molecule has 0 aliphatic carbocycles. The maximum absolute atomic E-state index is 12.2. The van der Waals surface area contributed by atoms with E-state index in [-0.39, 0.29) is 24.8 Å². The number of nitrogens with zero attached hydrogens (tertiary/aromatic N) is 1. The van der Waals surface area contributed by atoms with Crippen LogP contribution in [0.5, 0.6) is 0 Å². The summed E-state index contributed by atoms with van der Waals surface area (Å²) >= 11 is 1.49. The zero-order chi connectivity index (χ0) is 18.6. The van der Waals surface area contributed by atoms with Crippen molar-refractivity contribution >= 4 is 33.4 Å². The average molecular weight is 381 g/mol. The summed E-state index contributed by atoms with van der Waals surface area (Å²) in [5.41, 5.74) is 0.883. The Morgan fingerprint density at radius 3 is 2.74 bits per heavy atom. The molecule has 27 heavy (non-hydrogen) atoms. The second-order valence-electron chi connectivity index (χ2n) is 5.69. The van der Waals surface area contributed by atoms with E-state index in [2.05, 4.69) is 15.6 Å². The molecular formula is C19H15N3O4S. The molecule has 0 aliphatic rings. The number of fused-ring (bicyclic) bond motifs is 1. The first-order chi connectivity index (χ1) is 13.2. The summed E-state index contributed by atoms with van der Waals surface area (Å²) in [5.74, 6) is 0.501. The molecule has 136 valence electrons. The first kappa shape index (κ1) is 17.0. The lowest BCUT2D eigenvalue weighted by Crippen LogP contribution is -2.36. The molecule has 4 aromatic rings. The molecule has 0 radical (unpaired) electrons. The summed E-state index contributed by atoms with van der Waals surface area (Å²) in [4.78, 5) is 28.5. The van der Waals surface area contributed by atoms with Crippen LogP contribution in [0.25, 0.3) is 21.0 Å².